The normalized spacial score (nSPS) is 24.8. The summed E-state index contributed by atoms with van der Waals surface area (Å²) in [5.41, 5.74) is -4.18. The van der Waals surface area contributed by atoms with Gasteiger partial charge in [-0.2, -0.15) is 0 Å². The van der Waals surface area contributed by atoms with E-state index in [-0.39, 0.29) is 6.61 Å². The van der Waals surface area contributed by atoms with Crippen molar-refractivity contribution in [1.29, 1.82) is 0 Å². The average molecular weight is 561 g/mol. The topological polar surface area (TPSA) is 114 Å². The molecule has 220 valence electrons. The van der Waals surface area contributed by atoms with E-state index in [1.165, 1.54) is 11.8 Å². The quantitative estimate of drug-likeness (QED) is 0.314. The van der Waals surface area contributed by atoms with E-state index in [1.807, 2.05) is 6.92 Å². The molecule has 0 aromatic heterocycles. The predicted molar refractivity (Wildman–Crippen MR) is 145 cm³/mol. The summed E-state index contributed by atoms with van der Waals surface area (Å²) in [6, 6.07) is 0. The number of hydrogen-bond acceptors (Lipinski definition) is 10. The van der Waals surface area contributed by atoms with Crippen molar-refractivity contribution in [2.24, 2.45) is 21.7 Å². The zero-order chi connectivity index (χ0) is 29.9. The van der Waals surface area contributed by atoms with Crippen molar-refractivity contribution in [2.75, 3.05) is 12.4 Å². The lowest BCUT2D eigenvalue weighted by atomic mass is 9.93. The van der Waals surface area contributed by atoms with E-state index in [9.17, 15) is 19.2 Å². The monoisotopic (exact) mass is 560 g/mol. The lowest BCUT2D eigenvalue weighted by Gasteiger charge is -2.46. The van der Waals surface area contributed by atoms with Crippen LogP contribution in [0.2, 0.25) is 0 Å². The van der Waals surface area contributed by atoms with Gasteiger partial charge in [-0.1, -0.05) is 6.92 Å². The SMILES string of the molecule is CCS[C@@H]1O[C@H](COC(=O)C(C)(C)C)[C@@H](OC(=O)C(C)(C)C)[C@H](OC(=O)C(C)(C)C)[C@H]1OC(=O)C(C)(C)C. The van der Waals surface area contributed by atoms with E-state index in [0.717, 1.165) is 0 Å². The van der Waals surface area contributed by atoms with E-state index in [1.54, 1.807) is 83.1 Å². The Kier molecular flexibility index (Phi) is 11.3. The van der Waals surface area contributed by atoms with Crippen molar-refractivity contribution >= 4 is 35.6 Å². The standard InChI is InChI=1S/C28H48O9S/c1-14-38-20-19(37-24(32)28(11,12)13)18(36-23(31)27(8,9)10)17(35-22(30)26(5,6)7)16(34-20)15-33-21(29)25(2,3)4/h16-20H,14-15H2,1-13H3/t16-,17-,18+,19-,20+/m1/s1. The molecular weight excluding hydrogens is 512 g/mol. The van der Waals surface area contributed by atoms with Crippen LogP contribution in [0.3, 0.4) is 0 Å². The van der Waals surface area contributed by atoms with Crippen LogP contribution < -0.4 is 0 Å². The second-order valence-corrected chi connectivity index (χ2v) is 15.1. The van der Waals surface area contributed by atoms with Crippen LogP contribution in [0.1, 0.15) is 90.0 Å². The second-order valence-electron chi connectivity index (χ2n) is 13.7. The van der Waals surface area contributed by atoms with E-state index >= 15 is 0 Å². The first kappa shape index (κ1) is 34.2. The number of carbonyl (C=O) groups is 4. The molecule has 1 rings (SSSR count). The summed E-state index contributed by atoms with van der Waals surface area (Å²) in [7, 11) is 0. The number of ether oxygens (including phenoxy) is 5. The maximum absolute atomic E-state index is 13.1. The molecule has 1 aliphatic rings. The molecule has 0 aromatic rings. The Morgan fingerprint density at radius 3 is 1.34 bits per heavy atom. The molecule has 0 unspecified atom stereocenters. The Labute approximate surface area is 232 Å². The summed E-state index contributed by atoms with van der Waals surface area (Å²) in [5.74, 6) is -1.54. The third-order valence-electron chi connectivity index (χ3n) is 5.48. The fourth-order valence-corrected chi connectivity index (χ4v) is 3.94. The van der Waals surface area contributed by atoms with Gasteiger partial charge in [0.1, 0.15) is 18.1 Å². The molecule has 5 atom stereocenters. The molecule has 1 heterocycles. The highest BCUT2D eigenvalue weighted by Gasteiger charge is 2.54. The average Bonchev–Trinajstić information content (AvgIpc) is 2.73. The zero-order valence-electron chi connectivity index (χ0n) is 25.4. The maximum Gasteiger partial charge on any atom is 0.311 e. The molecule has 1 aliphatic heterocycles. The molecule has 1 saturated heterocycles. The Morgan fingerprint density at radius 1 is 0.605 bits per heavy atom. The number of thioether (sulfide) groups is 1. The molecule has 10 heteroatoms. The van der Waals surface area contributed by atoms with Gasteiger partial charge in [-0.05, 0) is 88.8 Å². The number of carbonyl (C=O) groups excluding carboxylic acids is 4. The van der Waals surface area contributed by atoms with Crippen LogP contribution in [0.4, 0.5) is 0 Å². The summed E-state index contributed by atoms with van der Waals surface area (Å²) in [6.07, 6.45) is -4.45. The summed E-state index contributed by atoms with van der Waals surface area (Å²) < 4.78 is 29.6. The van der Waals surface area contributed by atoms with Crippen LogP contribution in [0.15, 0.2) is 0 Å². The van der Waals surface area contributed by atoms with Crippen molar-refractivity contribution in [3.8, 4) is 0 Å². The van der Waals surface area contributed by atoms with Crippen molar-refractivity contribution in [1.82, 2.24) is 0 Å². The maximum atomic E-state index is 13.1. The third kappa shape index (κ3) is 9.74. The summed E-state index contributed by atoms with van der Waals surface area (Å²) in [6.45, 7) is 22.1. The fourth-order valence-electron chi connectivity index (χ4n) is 2.99. The Balaban J connectivity index is 3.63. The van der Waals surface area contributed by atoms with Crippen LogP contribution in [0, 0.1) is 21.7 Å². The number of esters is 4. The predicted octanol–water partition coefficient (Wildman–Crippen LogP) is 4.93. The number of hydrogen-bond donors (Lipinski definition) is 0. The fraction of sp³-hybridized carbons (Fsp3) is 0.857. The lowest BCUT2D eigenvalue weighted by Crippen LogP contribution is -2.63. The molecule has 9 nitrogen and oxygen atoms in total. The van der Waals surface area contributed by atoms with Crippen LogP contribution >= 0.6 is 11.8 Å². The van der Waals surface area contributed by atoms with E-state index in [4.69, 9.17) is 23.7 Å². The van der Waals surface area contributed by atoms with Gasteiger partial charge < -0.3 is 23.7 Å². The van der Waals surface area contributed by atoms with Gasteiger partial charge >= 0.3 is 23.9 Å². The first-order chi connectivity index (χ1) is 17.0. The van der Waals surface area contributed by atoms with Gasteiger partial charge in [0, 0.05) is 0 Å². The van der Waals surface area contributed by atoms with Gasteiger partial charge in [0.2, 0.25) is 0 Å². The van der Waals surface area contributed by atoms with Crippen LogP contribution in [-0.4, -0.2) is 66.1 Å². The molecule has 0 radical (unpaired) electrons. The summed E-state index contributed by atoms with van der Waals surface area (Å²) in [4.78, 5) is 51.8. The molecular formula is C28H48O9S. The van der Waals surface area contributed by atoms with Crippen molar-refractivity contribution in [3.05, 3.63) is 0 Å². The Hall–Kier alpha value is -1.81. The molecule has 38 heavy (non-hydrogen) atoms. The van der Waals surface area contributed by atoms with Crippen LogP contribution in [-0.2, 0) is 42.9 Å². The van der Waals surface area contributed by atoms with Gasteiger partial charge in [-0.15, -0.1) is 11.8 Å². The molecule has 0 bridgehead atoms. The largest absolute Gasteiger partial charge is 0.462 e. The Morgan fingerprint density at radius 2 is 0.974 bits per heavy atom. The minimum absolute atomic E-state index is 0.248. The lowest BCUT2D eigenvalue weighted by molar-refractivity contribution is -0.246. The second kappa shape index (κ2) is 12.6. The minimum Gasteiger partial charge on any atom is -0.462 e. The van der Waals surface area contributed by atoms with Gasteiger partial charge in [0.25, 0.3) is 0 Å². The highest BCUT2D eigenvalue weighted by Crippen LogP contribution is 2.37. The van der Waals surface area contributed by atoms with Gasteiger partial charge in [0.05, 0.1) is 21.7 Å². The first-order valence-electron chi connectivity index (χ1n) is 13.1. The smallest absolute Gasteiger partial charge is 0.311 e. The first-order valence-corrected chi connectivity index (χ1v) is 14.1. The molecule has 0 amide bonds. The van der Waals surface area contributed by atoms with Crippen molar-refractivity contribution in [2.45, 2.75) is 120 Å². The molecule has 0 spiro atoms. The summed E-state index contributed by atoms with van der Waals surface area (Å²) >= 11 is 1.35. The van der Waals surface area contributed by atoms with Crippen molar-refractivity contribution in [3.63, 3.8) is 0 Å². The highest BCUT2D eigenvalue weighted by molar-refractivity contribution is 7.99. The van der Waals surface area contributed by atoms with E-state index in [2.05, 4.69) is 0 Å². The van der Waals surface area contributed by atoms with E-state index < -0.39 is 75.4 Å². The molecule has 0 saturated carbocycles. The molecule has 0 aromatic carbocycles. The summed E-state index contributed by atoms with van der Waals surface area (Å²) in [5, 5.41) is 0. The van der Waals surface area contributed by atoms with Gasteiger partial charge in [-0.3, -0.25) is 19.2 Å². The minimum atomic E-state index is -1.20. The molecule has 1 fully saturated rings. The Bertz CT molecular complexity index is 856. The molecule has 0 aliphatic carbocycles. The van der Waals surface area contributed by atoms with Gasteiger partial charge in [0.15, 0.2) is 18.3 Å². The highest BCUT2D eigenvalue weighted by atomic mass is 32.2. The van der Waals surface area contributed by atoms with Gasteiger partial charge in [-0.25, -0.2) is 0 Å². The van der Waals surface area contributed by atoms with Crippen LogP contribution in [0.5, 0.6) is 0 Å². The van der Waals surface area contributed by atoms with Crippen LogP contribution in [0.25, 0.3) is 0 Å². The zero-order valence-corrected chi connectivity index (χ0v) is 26.2. The third-order valence-corrected chi connectivity index (χ3v) is 6.52. The molecule has 0 N–H and O–H groups in total. The van der Waals surface area contributed by atoms with Crippen molar-refractivity contribution < 1.29 is 42.9 Å². The number of rotatable bonds is 7. The van der Waals surface area contributed by atoms with E-state index in [0.29, 0.717) is 5.75 Å².